The molecule has 1 saturated heterocycles. The number of hydrogen-bond donors (Lipinski definition) is 0. The predicted molar refractivity (Wildman–Crippen MR) is 105 cm³/mol. The Hall–Kier alpha value is -1.73. The van der Waals surface area contributed by atoms with Gasteiger partial charge in [-0.25, -0.2) is 0 Å². The average Bonchev–Trinajstić information content (AvgIpc) is 3.03. The van der Waals surface area contributed by atoms with Gasteiger partial charge in [0, 0.05) is 25.4 Å². The van der Waals surface area contributed by atoms with E-state index in [-0.39, 0.29) is 0 Å². The molecule has 1 fully saturated rings. The minimum absolute atomic E-state index is 0.536. The lowest BCUT2D eigenvalue weighted by Crippen LogP contribution is -2.38. The molecule has 6 nitrogen and oxygen atoms in total. The minimum atomic E-state index is 0.536. The average molecular weight is 377 g/mol. The van der Waals surface area contributed by atoms with Crippen molar-refractivity contribution in [1.82, 2.24) is 14.8 Å². The van der Waals surface area contributed by atoms with E-state index >= 15 is 0 Å². The summed E-state index contributed by atoms with van der Waals surface area (Å²) in [6.45, 7) is 11.3. The van der Waals surface area contributed by atoms with Gasteiger partial charge in [-0.3, -0.25) is 4.57 Å². The van der Waals surface area contributed by atoms with Crippen LogP contribution in [0.4, 0.5) is 5.95 Å². The Morgan fingerprint density at radius 2 is 1.96 bits per heavy atom. The van der Waals surface area contributed by atoms with Gasteiger partial charge in [-0.2, -0.15) is 0 Å². The van der Waals surface area contributed by atoms with Crippen LogP contribution in [0.15, 0.2) is 29.4 Å². The lowest BCUT2D eigenvalue weighted by molar-refractivity contribution is 0.121. The number of morpholine rings is 1. The number of ether oxygens (including phenoxy) is 2. The summed E-state index contributed by atoms with van der Waals surface area (Å²) in [6.07, 6.45) is 0. The molecule has 0 amide bonds. The van der Waals surface area contributed by atoms with Crippen molar-refractivity contribution in [3.05, 3.63) is 29.8 Å². The Labute approximate surface area is 159 Å². The van der Waals surface area contributed by atoms with Crippen LogP contribution in [-0.4, -0.2) is 53.4 Å². The van der Waals surface area contributed by atoms with Crippen LogP contribution in [0, 0.1) is 12.8 Å². The normalized spacial score (nSPS) is 14.8. The third-order valence-corrected chi connectivity index (χ3v) is 5.14. The Bertz CT molecular complexity index is 699. The van der Waals surface area contributed by atoms with E-state index in [1.807, 2.05) is 18.2 Å². The summed E-state index contributed by atoms with van der Waals surface area (Å²) < 4.78 is 13.6. The highest BCUT2D eigenvalue weighted by molar-refractivity contribution is 7.99. The van der Waals surface area contributed by atoms with E-state index in [1.54, 1.807) is 11.8 Å². The van der Waals surface area contributed by atoms with Gasteiger partial charge in [0.25, 0.3) is 0 Å². The zero-order valence-electron chi connectivity index (χ0n) is 15.9. The summed E-state index contributed by atoms with van der Waals surface area (Å²) in [5, 5.41) is 9.88. The lowest BCUT2D eigenvalue weighted by Gasteiger charge is -2.28. The summed E-state index contributed by atoms with van der Waals surface area (Å²) in [5.74, 6) is 3.29. The van der Waals surface area contributed by atoms with Crippen LogP contribution >= 0.6 is 11.8 Å². The van der Waals surface area contributed by atoms with Gasteiger partial charge in [-0.15, -0.1) is 10.2 Å². The molecular formula is C19H28N4O2S. The Balaban J connectivity index is 1.61. The second-order valence-corrected chi connectivity index (χ2v) is 7.91. The second kappa shape index (κ2) is 9.28. The van der Waals surface area contributed by atoms with Gasteiger partial charge in [-0.05, 0) is 24.5 Å². The summed E-state index contributed by atoms with van der Waals surface area (Å²) in [4.78, 5) is 2.27. The molecule has 0 unspecified atom stereocenters. The van der Waals surface area contributed by atoms with E-state index in [0.29, 0.717) is 12.5 Å². The van der Waals surface area contributed by atoms with Crippen molar-refractivity contribution in [2.75, 3.05) is 43.6 Å². The van der Waals surface area contributed by atoms with Crippen LogP contribution in [0.5, 0.6) is 5.75 Å². The monoisotopic (exact) mass is 376 g/mol. The smallest absolute Gasteiger partial charge is 0.228 e. The number of benzene rings is 1. The molecule has 1 aromatic carbocycles. The molecule has 0 aliphatic carbocycles. The number of hydrogen-bond acceptors (Lipinski definition) is 6. The van der Waals surface area contributed by atoms with Crippen molar-refractivity contribution in [3.8, 4) is 5.75 Å². The van der Waals surface area contributed by atoms with E-state index in [2.05, 4.69) is 46.5 Å². The van der Waals surface area contributed by atoms with E-state index in [1.165, 1.54) is 0 Å². The van der Waals surface area contributed by atoms with Crippen molar-refractivity contribution in [3.63, 3.8) is 0 Å². The van der Waals surface area contributed by atoms with Gasteiger partial charge in [0.15, 0.2) is 5.16 Å². The number of aromatic nitrogens is 3. The number of anilines is 1. The maximum atomic E-state index is 5.90. The third kappa shape index (κ3) is 4.92. The minimum Gasteiger partial charge on any atom is -0.492 e. The first kappa shape index (κ1) is 19.0. The van der Waals surface area contributed by atoms with Crippen LogP contribution < -0.4 is 9.64 Å². The molecule has 0 saturated carbocycles. The number of para-hydroxylation sites is 1. The maximum absolute atomic E-state index is 5.90. The van der Waals surface area contributed by atoms with Gasteiger partial charge in [0.05, 0.1) is 19.8 Å². The van der Waals surface area contributed by atoms with Crippen LogP contribution in [0.25, 0.3) is 0 Å². The summed E-state index contributed by atoms with van der Waals surface area (Å²) in [5.41, 5.74) is 1.16. The van der Waals surface area contributed by atoms with Gasteiger partial charge in [-0.1, -0.05) is 43.8 Å². The molecule has 1 aliphatic rings. The fourth-order valence-electron chi connectivity index (χ4n) is 2.91. The van der Waals surface area contributed by atoms with Crippen LogP contribution in [0.2, 0.25) is 0 Å². The molecule has 0 spiro atoms. The number of rotatable bonds is 8. The van der Waals surface area contributed by atoms with E-state index in [0.717, 1.165) is 61.0 Å². The SMILES string of the molecule is Cc1ccccc1OCCSc1nnc(N2CCOCC2)n1CC(C)C. The summed E-state index contributed by atoms with van der Waals surface area (Å²) in [7, 11) is 0. The lowest BCUT2D eigenvalue weighted by atomic mass is 10.2. The Morgan fingerprint density at radius 1 is 1.19 bits per heavy atom. The first-order valence-corrected chi connectivity index (χ1v) is 10.2. The van der Waals surface area contributed by atoms with Crippen molar-refractivity contribution < 1.29 is 9.47 Å². The molecule has 142 valence electrons. The fraction of sp³-hybridized carbons (Fsp3) is 0.579. The topological polar surface area (TPSA) is 52.4 Å². The highest BCUT2D eigenvalue weighted by Gasteiger charge is 2.21. The van der Waals surface area contributed by atoms with Crippen molar-refractivity contribution in [2.45, 2.75) is 32.5 Å². The summed E-state index contributed by atoms with van der Waals surface area (Å²) >= 11 is 1.71. The maximum Gasteiger partial charge on any atom is 0.228 e. The first-order valence-electron chi connectivity index (χ1n) is 9.22. The van der Waals surface area contributed by atoms with Gasteiger partial charge >= 0.3 is 0 Å². The number of thioether (sulfide) groups is 1. The van der Waals surface area contributed by atoms with E-state index in [9.17, 15) is 0 Å². The molecular weight excluding hydrogens is 348 g/mol. The molecule has 1 aliphatic heterocycles. The molecule has 7 heteroatoms. The number of aryl methyl sites for hydroxylation is 1. The van der Waals surface area contributed by atoms with Crippen LogP contribution in [0.1, 0.15) is 19.4 Å². The zero-order valence-corrected chi connectivity index (χ0v) is 16.7. The highest BCUT2D eigenvalue weighted by Crippen LogP contribution is 2.24. The molecule has 1 aromatic heterocycles. The van der Waals surface area contributed by atoms with E-state index < -0.39 is 0 Å². The molecule has 3 rings (SSSR count). The highest BCUT2D eigenvalue weighted by atomic mass is 32.2. The molecule has 2 heterocycles. The summed E-state index contributed by atoms with van der Waals surface area (Å²) in [6, 6.07) is 8.11. The number of nitrogens with zero attached hydrogens (tertiary/aromatic N) is 4. The van der Waals surface area contributed by atoms with Gasteiger partial charge in [0.2, 0.25) is 5.95 Å². The molecule has 0 N–H and O–H groups in total. The zero-order chi connectivity index (χ0) is 18.4. The second-order valence-electron chi connectivity index (χ2n) is 6.85. The van der Waals surface area contributed by atoms with Gasteiger partial charge in [0.1, 0.15) is 5.75 Å². The standard InChI is InChI=1S/C19H28N4O2S/c1-15(2)14-23-18(22-8-10-24-11-9-22)20-21-19(23)26-13-12-25-17-7-5-4-6-16(17)3/h4-7,15H,8-14H2,1-3H3. The molecule has 0 atom stereocenters. The first-order chi connectivity index (χ1) is 12.6. The fourth-order valence-corrected chi connectivity index (χ4v) is 3.67. The van der Waals surface area contributed by atoms with Crippen molar-refractivity contribution in [1.29, 1.82) is 0 Å². The van der Waals surface area contributed by atoms with Crippen LogP contribution in [-0.2, 0) is 11.3 Å². The molecule has 0 bridgehead atoms. The van der Waals surface area contributed by atoms with E-state index in [4.69, 9.17) is 9.47 Å². The molecule has 0 radical (unpaired) electrons. The largest absolute Gasteiger partial charge is 0.492 e. The Morgan fingerprint density at radius 3 is 2.69 bits per heavy atom. The predicted octanol–water partition coefficient (Wildman–Crippen LogP) is 3.25. The Kier molecular flexibility index (Phi) is 6.80. The third-order valence-electron chi connectivity index (χ3n) is 4.20. The van der Waals surface area contributed by atoms with Crippen molar-refractivity contribution >= 4 is 17.7 Å². The molecule has 26 heavy (non-hydrogen) atoms. The van der Waals surface area contributed by atoms with Crippen molar-refractivity contribution in [2.24, 2.45) is 5.92 Å². The van der Waals surface area contributed by atoms with Crippen LogP contribution in [0.3, 0.4) is 0 Å². The molecule has 2 aromatic rings. The van der Waals surface area contributed by atoms with Gasteiger partial charge < -0.3 is 14.4 Å². The quantitative estimate of drug-likeness (QED) is 0.521.